The number of aliphatic hydroxyl groups excluding tert-OH is 1. The van der Waals surface area contributed by atoms with Crippen molar-refractivity contribution in [2.45, 2.75) is 38.6 Å². The fourth-order valence-corrected chi connectivity index (χ4v) is 3.01. The Morgan fingerprint density at radius 3 is 2.52 bits per heavy atom. The van der Waals surface area contributed by atoms with E-state index in [4.69, 9.17) is 10.2 Å². The number of hydrogen-bond donors (Lipinski definition) is 4. The molecular formula is C17H24N2O4. The van der Waals surface area contributed by atoms with Crippen LogP contribution in [-0.4, -0.2) is 41.3 Å². The van der Waals surface area contributed by atoms with Crippen molar-refractivity contribution in [3.8, 4) is 0 Å². The number of anilines is 1. The van der Waals surface area contributed by atoms with E-state index in [0.717, 1.165) is 24.1 Å². The first kappa shape index (κ1) is 17.3. The van der Waals surface area contributed by atoms with Gasteiger partial charge in [0, 0.05) is 23.8 Å². The van der Waals surface area contributed by atoms with Crippen LogP contribution in [0.2, 0.25) is 0 Å². The quantitative estimate of drug-likeness (QED) is 0.640. The van der Waals surface area contributed by atoms with Crippen LogP contribution in [0.15, 0.2) is 18.2 Å². The third-order valence-electron chi connectivity index (χ3n) is 4.41. The van der Waals surface area contributed by atoms with Crippen LogP contribution >= 0.6 is 0 Å². The minimum absolute atomic E-state index is 0.0878. The van der Waals surface area contributed by atoms with Crippen LogP contribution < -0.4 is 10.6 Å². The predicted octanol–water partition coefficient (Wildman–Crippen LogP) is 1.77. The van der Waals surface area contributed by atoms with E-state index < -0.39 is 5.97 Å². The Hall–Kier alpha value is -2.08. The lowest BCUT2D eigenvalue weighted by Crippen LogP contribution is -2.30. The van der Waals surface area contributed by atoms with Crippen LogP contribution in [0.4, 0.5) is 5.69 Å². The molecule has 0 aliphatic heterocycles. The number of carbonyl (C=O) groups excluding carboxylic acids is 1. The van der Waals surface area contributed by atoms with Crippen molar-refractivity contribution in [2.24, 2.45) is 5.92 Å². The molecule has 1 fully saturated rings. The maximum absolute atomic E-state index is 12.1. The van der Waals surface area contributed by atoms with E-state index in [1.807, 2.05) is 19.1 Å². The van der Waals surface area contributed by atoms with Gasteiger partial charge in [0.2, 0.25) is 0 Å². The molecule has 6 nitrogen and oxygen atoms in total. The summed E-state index contributed by atoms with van der Waals surface area (Å²) < 4.78 is 0. The van der Waals surface area contributed by atoms with Gasteiger partial charge in [0.25, 0.3) is 5.91 Å². The Balaban J connectivity index is 2.01. The summed E-state index contributed by atoms with van der Waals surface area (Å²) in [5, 5.41) is 23.9. The lowest BCUT2D eigenvalue weighted by Gasteiger charge is -2.28. The van der Waals surface area contributed by atoms with E-state index in [0.29, 0.717) is 18.4 Å². The molecule has 0 atom stereocenters. The highest BCUT2D eigenvalue weighted by Crippen LogP contribution is 2.28. The number of carboxylic acids is 1. The molecule has 0 radical (unpaired) electrons. The number of carboxylic acid groups (broad SMARTS) is 1. The van der Waals surface area contributed by atoms with Gasteiger partial charge in [0.15, 0.2) is 0 Å². The summed E-state index contributed by atoms with van der Waals surface area (Å²) in [6, 6.07) is 5.75. The normalized spacial score (nSPS) is 20.8. The third-order valence-corrected chi connectivity index (χ3v) is 4.41. The number of nitrogens with one attached hydrogen (secondary N) is 2. The van der Waals surface area contributed by atoms with Crippen molar-refractivity contribution in [1.29, 1.82) is 0 Å². The van der Waals surface area contributed by atoms with Crippen LogP contribution in [0, 0.1) is 12.8 Å². The largest absolute Gasteiger partial charge is 0.481 e. The zero-order chi connectivity index (χ0) is 16.8. The van der Waals surface area contributed by atoms with Crippen LogP contribution in [0.25, 0.3) is 0 Å². The van der Waals surface area contributed by atoms with Gasteiger partial charge < -0.3 is 20.8 Å². The minimum atomic E-state index is -0.706. The Bertz CT molecular complexity index is 566. The third kappa shape index (κ3) is 4.45. The van der Waals surface area contributed by atoms with E-state index in [1.54, 1.807) is 6.07 Å². The van der Waals surface area contributed by atoms with E-state index >= 15 is 0 Å². The van der Waals surface area contributed by atoms with Gasteiger partial charge in [0.1, 0.15) is 0 Å². The Morgan fingerprint density at radius 2 is 1.91 bits per heavy atom. The molecular weight excluding hydrogens is 296 g/mol. The smallest absolute Gasteiger partial charge is 0.306 e. The standard InChI is InChI=1S/C17H24N2O4/c1-11-14(16(21)18-9-10-20)3-2-4-15(11)19-13-7-5-12(6-8-13)17(22)23/h2-4,12-13,19-20H,5-10H2,1H3,(H,18,21)(H,22,23). The number of rotatable bonds is 6. The highest BCUT2D eigenvalue weighted by atomic mass is 16.4. The minimum Gasteiger partial charge on any atom is -0.481 e. The Morgan fingerprint density at radius 1 is 1.22 bits per heavy atom. The van der Waals surface area contributed by atoms with Gasteiger partial charge in [-0.3, -0.25) is 9.59 Å². The molecule has 1 aromatic carbocycles. The lowest BCUT2D eigenvalue weighted by atomic mass is 9.86. The highest BCUT2D eigenvalue weighted by molar-refractivity contribution is 5.97. The second-order valence-corrected chi connectivity index (χ2v) is 5.99. The summed E-state index contributed by atoms with van der Waals surface area (Å²) in [5.41, 5.74) is 2.35. The molecule has 126 valence electrons. The van der Waals surface area contributed by atoms with Crippen molar-refractivity contribution in [3.05, 3.63) is 29.3 Å². The Labute approximate surface area is 135 Å². The molecule has 1 aliphatic carbocycles. The SMILES string of the molecule is Cc1c(NC2CCC(C(=O)O)CC2)cccc1C(=O)NCCO. The van der Waals surface area contributed by atoms with E-state index in [2.05, 4.69) is 10.6 Å². The van der Waals surface area contributed by atoms with Crippen molar-refractivity contribution < 1.29 is 19.8 Å². The fourth-order valence-electron chi connectivity index (χ4n) is 3.01. The first-order valence-corrected chi connectivity index (χ1v) is 8.01. The molecule has 1 saturated carbocycles. The van der Waals surface area contributed by atoms with E-state index in [9.17, 15) is 9.59 Å². The van der Waals surface area contributed by atoms with Crippen LogP contribution in [0.5, 0.6) is 0 Å². The molecule has 1 aliphatic rings. The summed E-state index contributed by atoms with van der Waals surface area (Å²) in [6.45, 7) is 2.03. The number of aliphatic carboxylic acids is 1. The van der Waals surface area contributed by atoms with Crippen LogP contribution in [-0.2, 0) is 4.79 Å². The topological polar surface area (TPSA) is 98.7 Å². The maximum atomic E-state index is 12.1. The Kier molecular flexibility index (Phi) is 5.98. The zero-order valence-electron chi connectivity index (χ0n) is 13.3. The first-order valence-electron chi connectivity index (χ1n) is 8.01. The summed E-state index contributed by atoms with van der Waals surface area (Å²) in [5.74, 6) is -1.14. The summed E-state index contributed by atoms with van der Waals surface area (Å²) in [6.07, 6.45) is 3.00. The number of carbonyl (C=O) groups is 2. The van der Waals surface area contributed by atoms with E-state index in [-0.39, 0.29) is 31.0 Å². The summed E-state index contributed by atoms with van der Waals surface area (Å²) in [7, 11) is 0. The van der Waals surface area contributed by atoms with E-state index in [1.165, 1.54) is 0 Å². The number of amides is 1. The molecule has 4 N–H and O–H groups in total. The van der Waals surface area contributed by atoms with Crippen molar-refractivity contribution in [1.82, 2.24) is 5.32 Å². The fraction of sp³-hybridized carbons (Fsp3) is 0.529. The monoisotopic (exact) mass is 320 g/mol. The maximum Gasteiger partial charge on any atom is 0.306 e. The summed E-state index contributed by atoms with van der Waals surface area (Å²) >= 11 is 0. The van der Waals surface area contributed by atoms with Gasteiger partial charge in [-0.25, -0.2) is 0 Å². The van der Waals surface area contributed by atoms with Crippen LogP contribution in [0.3, 0.4) is 0 Å². The summed E-state index contributed by atoms with van der Waals surface area (Å²) in [4.78, 5) is 23.1. The average molecular weight is 320 g/mol. The van der Waals surface area contributed by atoms with Gasteiger partial charge in [-0.15, -0.1) is 0 Å². The van der Waals surface area contributed by atoms with Gasteiger partial charge in [-0.05, 0) is 50.3 Å². The zero-order valence-corrected chi connectivity index (χ0v) is 13.3. The van der Waals surface area contributed by atoms with Gasteiger partial charge >= 0.3 is 5.97 Å². The lowest BCUT2D eigenvalue weighted by molar-refractivity contribution is -0.142. The second-order valence-electron chi connectivity index (χ2n) is 5.99. The predicted molar refractivity (Wildman–Crippen MR) is 87.6 cm³/mol. The van der Waals surface area contributed by atoms with Crippen molar-refractivity contribution >= 4 is 17.6 Å². The molecule has 0 bridgehead atoms. The molecule has 0 unspecified atom stereocenters. The molecule has 23 heavy (non-hydrogen) atoms. The van der Waals surface area contributed by atoms with Crippen molar-refractivity contribution in [3.63, 3.8) is 0 Å². The van der Waals surface area contributed by atoms with Gasteiger partial charge in [-0.1, -0.05) is 6.07 Å². The number of aliphatic hydroxyl groups is 1. The van der Waals surface area contributed by atoms with Crippen LogP contribution in [0.1, 0.15) is 41.6 Å². The van der Waals surface area contributed by atoms with Gasteiger partial charge in [0.05, 0.1) is 12.5 Å². The number of hydrogen-bond acceptors (Lipinski definition) is 4. The number of benzene rings is 1. The molecule has 0 saturated heterocycles. The molecule has 0 spiro atoms. The van der Waals surface area contributed by atoms with Gasteiger partial charge in [-0.2, -0.15) is 0 Å². The molecule has 6 heteroatoms. The average Bonchev–Trinajstić information content (AvgIpc) is 2.55. The first-order chi connectivity index (χ1) is 11.0. The molecule has 0 heterocycles. The molecule has 1 aromatic rings. The second kappa shape index (κ2) is 7.97. The molecule has 2 rings (SSSR count). The van der Waals surface area contributed by atoms with Crippen molar-refractivity contribution in [2.75, 3.05) is 18.5 Å². The highest BCUT2D eigenvalue weighted by Gasteiger charge is 2.26. The molecule has 0 aromatic heterocycles. The molecule has 1 amide bonds.